The Balaban J connectivity index is 2.13. The zero-order chi connectivity index (χ0) is 22.1. The van der Waals surface area contributed by atoms with Crippen molar-refractivity contribution in [3.8, 4) is 5.75 Å². The van der Waals surface area contributed by atoms with E-state index in [0.717, 1.165) is 18.4 Å². The van der Waals surface area contributed by atoms with Gasteiger partial charge >= 0.3 is 0 Å². The smallest absolute Gasteiger partial charge is 0.265 e. The number of hydrogen-bond donors (Lipinski definition) is 1. The van der Waals surface area contributed by atoms with E-state index in [0.29, 0.717) is 28.4 Å². The van der Waals surface area contributed by atoms with Crippen LogP contribution >= 0.6 is 7.37 Å². The van der Waals surface area contributed by atoms with Gasteiger partial charge in [-0.15, -0.1) is 0 Å². The molecule has 3 rings (SSSR count). The summed E-state index contributed by atoms with van der Waals surface area (Å²) < 4.78 is 21.3. The van der Waals surface area contributed by atoms with E-state index in [1.54, 1.807) is 6.07 Å². The molecule has 30 heavy (non-hydrogen) atoms. The third kappa shape index (κ3) is 4.84. The zero-order valence-corrected chi connectivity index (χ0v) is 20.2. The topological polar surface area (TPSA) is 46.5 Å². The van der Waals surface area contributed by atoms with E-state index in [-0.39, 0.29) is 17.3 Å². The Morgan fingerprint density at radius 2 is 1.73 bits per heavy atom. The van der Waals surface area contributed by atoms with Gasteiger partial charge in [0.2, 0.25) is 0 Å². The summed E-state index contributed by atoms with van der Waals surface area (Å²) in [5.74, 6) is 1.41. The number of hydrogen-bond acceptors (Lipinski definition) is 3. The molecule has 0 saturated heterocycles. The maximum Gasteiger partial charge on any atom is 0.265 e. The second-order valence-electron chi connectivity index (χ2n) is 10.3. The van der Waals surface area contributed by atoms with Crippen LogP contribution in [0.15, 0.2) is 48.5 Å². The highest BCUT2D eigenvalue weighted by Gasteiger charge is 2.40. The number of rotatable bonds is 5. The molecule has 1 aliphatic rings. The largest absolute Gasteiger partial charge is 0.507 e. The Hall–Kier alpha value is -1.57. The number of aromatic hydroxyl groups is 1. The van der Waals surface area contributed by atoms with Crippen LogP contribution in [0.25, 0.3) is 0 Å². The number of benzene rings is 2. The SMILES string of the molecule is CC(C)[C@@H]1CC[C@@H](C)C[C@H]1OP(=O)(c1ccccc1)c1cc(C(C)(C)C)ccc1O. The lowest BCUT2D eigenvalue weighted by Crippen LogP contribution is -2.36. The summed E-state index contributed by atoms with van der Waals surface area (Å²) in [6, 6.07) is 14.9. The molecule has 164 valence electrons. The first-order valence-electron chi connectivity index (χ1n) is 11.2. The minimum absolute atomic E-state index is 0.0418. The van der Waals surface area contributed by atoms with Crippen molar-refractivity contribution < 1.29 is 14.2 Å². The molecular formula is C26H37O3P. The van der Waals surface area contributed by atoms with Crippen LogP contribution < -0.4 is 10.6 Å². The summed E-state index contributed by atoms with van der Waals surface area (Å²) in [5.41, 5.74) is 0.913. The standard InChI is InChI=1S/C26H37O3P/c1-18(2)22-14-12-19(3)16-24(22)29-30(28,21-10-8-7-9-11-21)25-17-20(26(4,5)6)13-15-23(25)27/h7-11,13,15,17-19,22,24,27H,12,14,16H2,1-6H3/t19-,22+,24-,30?/m1/s1. The molecule has 0 amide bonds. The van der Waals surface area contributed by atoms with Crippen molar-refractivity contribution in [2.45, 2.75) is 72.3 Å². The summed E-state index contributed by atoms with van der Waals surface area (Å²) in [4.78, 5) is 0. The predicted octanol–water partition coefficient (Wildman–Crippen LogP) is 6.40. The van der Waals surface area contributed by atoms with Crippen LogP contribution in [0.5, 0.6) is 5.75 Å². The van der Waals surface area contributed by atoms with E-state index < -0.39 is 7.37 Å². The monoisotopic (exact) mass is 428 g/mol. The highest BCUT2D eigenvalue weighted by Crippen LogP contribution is 2.52. The van der Waals surface area contributed by atoms with E-state index in [9.17, 15) is 9.67 Å². The molecule has 4 heteroatoms. The van der Waals surface area contributed by atoms with Crippen LogP contribution in [0, 0.1) is 17.8 Å². The maximum atomic E-state index is 14.7. The van der Waals surface area contributed by atoms with Crippen LogP contribution in [0.2, 0.25) is 0 Å². The molecule has 1 N–H and O–H groups in total. The molecule has 0 bridgehead atoms. The van der Waals surface area contributed by atoms with Crippen LogP contribution in [-0.4, -0.2) is 11.2 Å². The Kier molecular flexibility index (Phi) is 6.84. The lowest BCUT2D eigenvalue weighted by Gasteiger charge is -2.39. The molecule has 1 saturated carbocycles. The molecular weight excluding hydrogens is 391 g/mol. The van der Waals surface area contributed by atoms with Gasteiger partial charge in [0.15, 0.2) is 0 Å². The van der Waals surface area contributed by atoms with Gasteiger partial charge in [-0.1, -0.05) is 72.2 Å². The molecule has 1 aliphatic carbocycles. The van der Waals surface area contributed by atoms with Crippen molar-refractivity contribution in [2.75, 3.05) is 0 Å². The van der Waals surface area contributed by atoms with Gasteiger partial charge in [0.25, 0.3) is 7.37 Å². The highest BCUT2D eigenvalue weighted by atomic mass is 31.2. The zero-order valence-electron chi connectivity index (χ0n) is 19.3. The molecule has 0 spiro atoms. The fourth-order valence-electron chi connectivity index (χ4n) is 4.53. The van der Waals surface area contributed by atoms with Gasteiger partial charge in [-0.2, -0.15) is 0 Å². The van der Waals surface area contributed by atoms with Gasteiger partial charge in [-0.05, 0) is 65.8 Å². The van der Waals surface area contributed by atoms with Crippen LogP contribution in [0.1, 0.15) is 66.4 Å². The highest BCUT2D eigenvalue weighted by molar-refractivity contribution is 7.74. The number of phenolic OH excluding ortho intramolecular Hbond substituents is 1. The summed E-state index contributed by atoms with van der Waals surface area (Å²) in [6.45, 7) is 13.1. The van der Waals surface area contributed by atoms with Crippen molar-refractivity contribution in [3.63, 3.8) is 0 Å². The lowest BCUT2D eigenvalue weighted by molar-refractivity contribution is 0.0514. The van der Waals surface area contributed by atoms with Crippen molar-refractivity contribution in [2.24, 2.45) is 17.8 Å². The first kappa shape index (κ1) is 23.1. The van der Waals surface area contributed by atoms with Gasteiger partial charge in [-0.3, -0.25) is 4.57 Å². The van der Waals surface area contributed by atoms with Crippen molar-refractivity contribution in [1.29, 1.82) is 0 Å². The molecule has 0 heterocycles. The Bertz CT molecular complexity index is 898. The Morgan fingerprint density at radius 3 is 2.33 bits per heavy atom. The molecule has 1 unspecified atom stereocenters. The molecule has 1 fully saturated rings. The van der Waals surface area contributed by atoms with Crippen LogP contribution in [-0.2, 0) is 14.5 Å². The van der Waals surface area contributed by atoms with Gasteiger partial charge < -0.3 is 9.63 Å². The molecule has 0 radical (unpaired) electrons. The third-order valence-electron chi connectivity index (χ3n) is 6.50. The molecule has 4 atom stereocenters. The molecule has 0 aliphatic heterocycles. The average molecular weight is 429 g/mol. The second kappa shape index (κ2) is 8.89. The van der Waals surface area contributed by atoms with Gasteiger partial charge in [0, 0.05) is 5.30 Å². The van der Waals surface area contributed by atoms with Gasteiger partial charge in [0.1, 0.15) is 5.75 Å². The summed E-state index contributed by atoms with van der Waals surface area (Å²) >= 11 is 0. The van der Waals surface area contributed by atoms with Gasteiger partial charge in [0.05, 0.1) is 11.4 Å². The average Bonchev–Trinajstić information content (AvgIpc) is 2.67. The van der Waals surface area contributed by atoms with Crippen molar-refractivity contribution in [3.05, 3.63) is 54.1 Å². The summed E-state index contributed by atoms with van der Waals surface area (Å²) in [7, 11) is -3.48. The number of phenols is 1. The van der Waals surface area contributed by atoms with E-state index in [1.807, 2.05) is 42.5 Å². The van der Waals surface area contributed by atoms with E-state index in [2.05, 4.69) is 41.5 Å². The van der Waals surface area contributed by atoms with Gasteiger partial charge in [-0.25, -0.2) is 0 Å². The normalized spacial score (nSPS) is 24.6. The van der Waals surface area contributed by atoms with E-state index >= 15 is 0 Å². The quantitative estimate of drug-likeness (QED) is 0.561. The summed E-state index contributed by atoms with van der Waals surface area (Å²) in [6.07, 6.45) is 3.09. The van der Waals surface area contributed by atoms with E-state index in [1.165, 1.54) is 6.42 Å². The maximum absolute atomic E-state index is 14.7. The second-order valence-corrected chi connectivity index (χ2v) is 12.6. The molecule has 0 aromatic heterocycles. The van der Waals surface area contributed by atoms with Crippen LogP contribution in [0.3, 0.4) is 0 Å². The van der Waals surface area contributed by atoms with Crippen molar-refractivity contribution >= 4 is 18.0 Å². The first-order chi connectivity index (χ1) is 14.0. The minimum atomic E-state index is -3.48. The summed E-state index contributed by atoms with van der Waals surface area (Å²) in [5, 5.41) is 11.9. The third-order valence-corrected chi connectivity index (χ3v) is 9.04. The molecule has 3 nitrogen and oxygen atoms in total. The fourth-order valence-corrected chi connectivity index (χ4v) is 6.92. The molecule has 2 aromatic carbocycles. The van der Waals surface area contributed by atoms with E-state index in [4.69, 9.17) is 4.52 Å². The minimum Gasteiger partial charge on any atom is -0.507 e. The fraction of sp³-hybridized carbons (Fsp3) is 0.538. The predicted molar refractivity (Wildman–Crippen MR) is 126 cm³/mol. The van der Waals surface area contributed by atoms with Crippen LogP contribution in [0.4, 0.5) is 0 Å². The Morgan fingerprint density at radius 1 is 1.07 bits per heavy atom. The lowest BCUT2D eigenvalue weighted by atomic mass is 9.75. The molecule has 2 aromatic rings. The van der Waals surface area contributed by atoms with Crippen molar-refractivity contribution in [1.82, 2.24) is 0 Å². The Labute approximate surface area is 182 Å². The first-order valence-corrected chi connectivity index (χ1v) is 12.8.